The van der Waals surface area contributed by atoms with Crippen molar-refractivity contribution in [2.75, 3.05) is 19.5 Å². The van der Waals surface area contributed by atoms with E-state index in [0.717, 1.165) is 28.2 Å². The number of pyridine rings is 1. The molecule has 6 nitrogen and oxygen atoms in total. The molecule has 0 saturated carbocycles. The highest BCUT2D eigenvalue weighted by Crippen LogP contribution is 2.30. The van der Waals surface area contributed by atoms with Gasteiger partial charge in [0, 0.05) is 17.8 Å². The first-order valence-corrected chi connectivity index (χ1v) is 10.5. The van der Waals surface area contributed by atoms with Crippen LogP contribution in [0.4, 0.5) is 5.69 Å². The van der Waals surface area contributed by atoms with E-state index < -0.39 is 0 Å². The lowest BCUT2D eigenvalue weighted by atomic mass is 10.0. The lowest BCUT2D eigenvalue weighted by Crippen LogP contribution is -2.16. The summed E-state index contributed by atoms with van der Waals surface area (Å²) in [4.78, 5) is 18.0. The molecule has 0 radical (unpaired) electrons. The second-order valence-electron chi connectivity index (χ2n) is 7.93. The van der Waals surface area contributed by atoms with Crippen LogP contribution in [0.1, 0.15) is 22.4 Å². The number of imidazole rings is 1. The monoisotopic (exact) mass is 429 g/mol. The van der Waals surface area contributed by atoms with Crippen molar-refractivity contribution in [3.8, 4) is 22.8 Å². The number of methoxy groups -OCH3 is 2. The van der Waals surface area contributed by atoms with Gasteiger partial charge in [-0.3, -0.25) is 4.79 Å². The van der Waals surface area contributed by atoms with Gasteiger partial charge in [0.2, 0.25) is 5.91 Å². The fraction of sp³-hybridized carbons (Fsp3) is 0.231. The van der Waals surface area contributed by atoms with Gasteiger partial charge in [0.25, 0.3) is 0 Å². The van der Waals surface area contributed by atoms with E-state index in [2.05, 4.69) is 37.4 Å². The zero-order valence-electron chi connectivity index (χ0n) is 19.0. The van der Waals surface area contributed by atoms with Gasteiger partial charge in [-0.2, -0.15) is 0 Å². The summed E-state index contributed by atoms with van der Waals surface area (Å²) < 4.78 is 12.6. The number of ether oxygens (including phenoxy) is 2. The predicted molar refractivity (Wildman–Crippen MR) is 127 cm³/mol. The van der Waals surface area contributed by atoms with Gasteiger partial charge >= 0.3 is 0 Å². The molecule has 1 N–H and O–H groups in total. The molecule has 2 heterocycles. The highest BCUT2D eigenvalue weighted by atomic mass is 16.5. The normalized spacial score (nSPS) is 10.9. The Morgan fingerprint density at radius 3 is 2.50 bits per heavy atom. The molecule has 6 heteroatoms. The number of anilines is 1. The minimum absolute atomic E-state index is 0.152. The molecule has 0 atom stereocenters. The largest absolute Gasteiger partial charge is 0.497 e. The number of nitrogens with zero attached hydrogens (tertiary/aromatic N) is 2. The number of benzene rings is 2. The van der Waals surface area contributed by atoms with Crippen LogP contribution in [-0.2, 0) is 11.2 Å². The molecule has 0 unspecified atom stereocenters. The summed E-state index contributed by atoms with van der Waals surface area (Å²) in [6, 6.07) is 15.6. The Kier molecular flexibility index (Phi) is 5.86. The molecule has 0 aliphatic carbocycles. The maximum Gasteiger partial charge on any atom is 0.230 e. The highest BCUT2D eigenvalue weighted by Gasteiger charge is 2.19. The topological polar surface area (TPSA) is 64.9 Å². The lowest BCUT2D eigenvalue weighted by molar-refractivity contribution is -0.115. The van der Waals surface area contributed by atoms with Crippen LogP contribution in [0.3, 0.4) is 0 Å². The summed E-state index contributed by atoms with van der Waals surface area (Å²) >= 11 is 0. The first-order valence-electron chi connectivity index (χ1n) is 10.5. The SMILES string of the molecule is COc1ccc(NC(=O)Cc2c(-c3ccc(C)c(C)c3)nc3cc(C)ccn23)c(OC)c1. The van der Waals surface area contributed by atoms with Gasteiger partial charge < -0.3 is 19.2 Å². The molecule has 0 aliphatic heterocycles. The first-order chi connectivity index (χ1) is 15.4. The summed E-state index contributed by atoms with van der Waals surface area (Å²) in [6.45, 7) is 6.20. The maximum absolute atomic E-state index is 13.1. The number of rotatable bonds is 6. The third-order valence-corrected chi connectivity index (χ3v) is 5.67. The van der Waals surface area contributed by atoms with Crippen molar-refractivity contribution in [1.82, 2.24) is 9.38 Å². The van der Waals surface area contributed by atoms with Gasteiger partial charge in [0.1, 0.15) is 17.1 Å². The number of carbonyl (C=O) groups excluding carboxylic acids is 1. The average Bonchev–Trinajstić information content (AvgIpc) is 3.13. The molecule has 4 rings (SSSR count). The summed E-state index contributed by atoms with van der Waals surface area (Å²) in [6.07, 6.45) is 2.14. The molecule has 32 heavy (non-hydrogen) atoms. The zero-order valence-corrected chi connectivity index (χ0v) is 19.0. The average molecular weight is 430 g/mol. The number of hydrogen-bond acceptors (Lipinski definition) is 4. The van der Waals surface area contributed by atoms with Crippen molar-refractivity contribution in [3.63, 3.8) is 0 Å². The molecule has 2 aromatic carbocycles. The van der Waals surface area contributed by atoms with E-state index in [0.29, 0.717) is 17.2 Å². The Labute approximate surface area is 187 Å². The van der Waals surface area contributed by atoms with Crippen LogP contribution in [0.2, 0.25) is 0 Å². The summed E-state index contributed by atoms with van der Waals surface area (Å²) in [5.41, 5.74) is 7.60. The smallest absolute Gasteiger partial charge is 0.230 e. The third kappa shape index (κ3) is 4.17. The summed E-state index contributed by atoms with van der Waals surface area (Å²) in [5, 5.41) is 2.97. The van der Waals surface area contributed by atoms with E-state index in [4.69, 9.17) is 14.5 Å². The van der Waals surface area contributed by atoms with Crippen LogP contribution in [-0.4, -0.2) is 29.5 Å². The fourth-order valence-corrected chi connectivity index (χ4v) is 3.73. The van der Waals surface area contributed by atoms with Gasteiger partial charge in [0.05, 0.1) is 37.7 Å². The number of carbonyl (C=O) groups is 1. The molecule has 4 aromatic rings. The summed E-state index contributed by atoms with van der Waals surface area (Å²) in [5.74, 6) is 1.05. The van der Waals surface area contributed by atoms with Crippen LogP contribution < -0.4 is 14.8 Å². The van der Waals surface area contributed by atoms with E-state index >= 15 is 0 Å². The van der Waals surface area contributed by atoms with Gasteiger partial charge in [-0.1, -0.05) is 12.1 Å². The first kappa shape index (κ1) is 21.4. The Balaban J connectivity index is 1.72. The minimum atomic E-state index is -0.152. The molecule has 0 spiro atoms. The van der Waals surface area contributed by atoms with E-state index in [1.54, 1.807) is 32.4 Å². The Bertz CT molecular complexity index is 1310. The molecule has 0 aliphatic rings. The Hall–Kier alpha value is -3.80. The second-order valence-corrected chi connectivity index (χ2v) is 7.93. The van der Waals surface area contributed by atoms with Crippen LogP contribution in [0.25, 0.3) is 16.9 Å². The Morgan fingerprint density at radius 1 is 0.969 bits per heavy atom. The minimum Gasteiger partial charge on any atom is -0.497 e. The molecule has 0 saturated heterocycles. The number of nitrogens with one attached hydrogen (secondary N) is 1. The van der Waals surface area contributed by atoms with Crippen LogP contribution in [0, 0.1) is 20.8 Å². The third-order valence-electron chi connectivity index (χ3n) is 5.67. The molecule has 2 aromatic heterocycles. The fourth-order valence-electron chi connectivity index (χ4n) is 3.73. The van der Waals surface area contributed by atoms with Crippen LogP contribution in [0.15, 0.2) is 54.7 Å². The Morgan fingerprint density at radius 2 is 1.78 bits per heavy atom. The number of aromatic nitrogens is 2. The number of hydrogen-bond donors (Lipinski definition) is 1. The van der Waals surface area contributed by atoms with Crippen LogP contribution in [0.5, 0.6) is 11.5 Å². The standard InChI is InChI=1S/C26H27N3O3/c1-16-10-11-29-22(15-25(30)27-21-9-8-20(31-4)14-23(21)32-5)26(28-24(29)12-16)19-7-6-17(2)18(3)13-19/h6-14H,15H2,1-5H3,(H,27,30). The summed E-state index contributed by atoms with van der Waals surface area (Å²) in [7, 11) is 3.16. The quantitative estimate of drug-likeness (QED) is 0.462. The predicted octanol–water partition coefficient (Wildman–Crippen LogP) is 5.12. The van der Waals surface area contributed by atoms with Crippen molar-refractivity contribution >= 4 is 17.2 Å². The van der Waals surface area contributed by atoms with E-state index in [1.807, 2.05) is 29.7 Å². The van der Waals surface area contributed by atoms with Crippen molar-refractivity contribution < 1.29 is 14.3 Å². The van der Waals surface area contributed by atoms with Gasteiger partial charge in [-0.15, -0.1) is 0 Å². The number of fused-ring (bicyclic) bond motifs is 1. The molecule has 0 bridgehead atoms. The van der Waals surface area contributed by atoms with Gasteiger partial charge in [0.15, 0.2) is 0 Å². The second kappa shape index (κ2) is 8.75. The van der Waals surface area contributed by atoms with E-state index in [1.165, 1.54) is 11.1 Å². The maximum atomic E-state index is 13.1. The molecular weight excluding hydrogens is 402 g/mol. The zero-order chi connectivity index (χ0) is 22.8. The van der Waals surface area contributed by atoms with E-state index in [-0.39, 0.29) is 12.3 Å². The lowest BCUT2D eigenvalue weighted by Gasteiger charge is -2.12. The number of aryl methyl sites for hydroxylation is 3. The van der Waals surface area contributed by atoms with Crippen molar-refractivity contribution in [2.24, 2.45) is 0 Å². The molecular formula is C26H27N3O3. The highest BCUT2D eigenvalue weighted by molar-refractivity contribution is 5.94. The van der Waals surface area contributed by atoms with E-state index in [9.17, 15) is 4.79 Å². The van der Waals surface area contributed by atoms with Crippen molar-refractivity contribution in [2.45, 2.75) is 27.2 Å². The molecule has 0 fully saturated rings. The number of amides is 1. The van der Waals surface area contributed by atoms with Gasteiger partial charge in [-0.05, 0) is 67.8 Å². The van der Waals surface area contributed by atoms with Crippen molar-refractivity contribution in [1.29, 1.82) is 0 Å². The van der Waals surface area contributed by atoms with Crippen molar-refractivity contribution in [3.05, 3.63) is 77.1 Å². The molecule has 164 valence electrons. The van der Waals surface area contributed by atoms with Gasteiger partial charge in [-0.25, -0.2) is 4.98 Å². The van der Waals surface area contributed by atoms with Crippen LogP contribution >= 0.6 is 0 Å². The molecule has 1 amide bonds.